The van der Waals surface area contributed by atoms with Crippen molar-refractivity contribution in [2.75, 3.05) is 19.5 Å². The average Bonchev–Trinajstić information content (AvgIpc) is 2.46. The van der Waals surface area contributed by atoms with E-state index in [2.05, 4.69) is 5.32 Å². The smallest absolute Gasteiger partial charge is 0.337 e. The largest absolute Gasteiger partial charge is 0.493 e. The number of hydrogen-bond acceptors (Lipinski definition) is 5. The number of ether oxygens (including phenoxy) is 2. The summed E-state index contributed by atoms with van der Waals surface area (Å²) in [5.74, 6) is -1.03. The Morgan fingerprint density at radius 2 is 1.86 bits per heavy atom. The first kappa shape index (κ1) is 16.8. The third kappa shape index (κ3) is 4.09. The number of nitrogens with one attached hydrogen (secondary N) is 1. The Kier molecular flexibility index (Phi) is 5.98. The molecule has 0 aliphatic heterocycles. The molecule has 7 nitrogen and oxygen atoms in total. The molecule has 1 atom stereocenters. The Balaban J connectivity index is 3.15. The van der Waals surface area contributed by atoms with Crippen LogP contribution in [0.2, 0.25) is 0 Å². The summed E-state index contributed by atoms with van der Waals surface area (Å²) in [4.78, 5) is 23.2. The standard InChI is InChI=1S/C14H20N2O5/c1-4-5-9(15)13(17)16-10-7-12(21-3)11(20-2)6-8(10)14(18)19/h6-7,9H,4-5,15H2,1-3H3,(H,16,17)(H,18,19)/t9-/m0/s1. The quantitative estimate of drug-likeness (QED) is 0.702. The van der Waals surface area contributed by atoms with Crippen molar-refractivity contribution < 1.29 is 24.2 Å². The van der Waals surface area contributed by atoms with Gasteiger partial charge in [0.15, 0.2) is 11.5 Å². The lowest BCUT2D eigenvalue weighted by Crippen LogP contribution is -2.35. The summed E-state index contributed by atoms with van der Waals surface area (Å²) < 4.78 is 10.1. The average molecular weight is 296 g/mol. The van der Waals surface area contributed by atoms with Crippen LogP contribution in [0.4, 0.5) is 5.69 Å². The molecule has 0 fully saturated rings. The predicted octanol–water partition coefficient (Wildman–Crippen LogP) is 1.47. The van der Waals surface area contributed by atoms with E-state index in [9.17, 15) is 14.7 Å². The summed E-state index contributed by atoms with van der Waals surface area (Å²) in [5.41, 5.74) is 5.74. The van der Waals surface area contributed by atoms with Crippen LogP contribution in [0.5, 0.6) is 11.5 Å². The van der Waals surface area contributed by atoms with Gasteiger partial charge in [0.05, 0.1) is 31.5 Å². The van der Waals surface area contributed by atoms with E-state index >= 15 is 0 Å². The van der Waals surface area contributed by atoms with Crippen LogP contribution in [0.15, 0.2) is 12.1 Å². The van der Waals surface area contributed by atoms with Crippen LogP contribution >= 0.6 is 0 Å². The Bertz CT molecular complexity index is 530. The van der Waals surface area contributed by atoms with E-state index in [4.69, 9.17) is 15.2 Å². The Hall–Kier alpha value is -2.28. The normalized spacial score (nSPS) is 11.6. The van der Waals surface area contributed by atoms with E-state index in [0.717, 1.165) is 6.42 Å². The van der Waals surface area contributed by atoms with Crippen LogP contribution in [0.3, 0.4) is 0 Å². The van der Waals surface area contributed by atoms with Crippen molar-refractivity contribution in [3.63, 3.8) is 0 Å². The lowest BCUT2D eigenvalue weighted by molar-refractivity contribution is -0.117. The van der Waals surface area contributed by atoms with Crippen LogP contribution in [0.25, 0.3) is 0 Å². The zero-order valence-electron chi connectivity index (χ0n) is 12.3. The highest BCUT2D eigenvalue weighted by Crippen LogP contribution is 2.33. The molecule has 0 heterocycles. The first-order valence-electron chi connectivity index (χ1n) is 6.50. The van der Waals surface area contributed by atoms with Crippen molar-refractivity contribution in [1.82, 2.24) is 0 Å². The molecule has 0 spiro atoms. The maximum atomic E-state index is 11.9. The van der Waals surface area contributed by atoms with Gasteiger partial charge in [-0.15, -0.1) is 0 Å². The van der Waals surface area contributed by atoms with Crippen LogP contribution in [-0.4, -0.2) is 37.2 Å². The van der Waals surface area contributed by atoms with Gasteiger partial charge in [-0.1, -0.05) is 13.3 Å². The number of carbonyl (C=O) groups is 2. The number of carboxylic acids is 1. The van der Waals surface area contributed by atoms with Gasteiger partial charge in [0, 0.05) is 12.1 Å². The van der Waals surface area contributed by atoms with Gasteiger partial charge in [-0.05, 0) is 6.42 Å². The number of nitrogens with two attached hydrogens (primary N) is 1. The van der Waals surface area contributed by atoms with Gasteiger partial charge in [-0.2, -0.15) is 0 Å². The molecule has 1 amide bonds. The molecular formula is C14H20N2O5. The summed E-state index contributed by atoms with van der Waals surface area (Å²) in [7, 11) is 2.83. The fourth-order valence-corrected chi connectivity index (χ4v) is 1.83. The number of anilines is 1. The number of hydrogen-bond donors (Lipinski definition) is 3. The van der Waals surface area contributed by atoms with Crippen LogP contribution in [-0.2, 0) is 4.79 Å². The molecule has 21 heavy (non-hydrogen) atoms. The maximum Gasteiger partial charge on any atom is 0.337 e. The van der Waals surface area contributed by atoms with Crippen molar-refractivity contribution in [2.45, 2.75) is 25.8 Å². The van der Waals surface area contributed by atoms with Crippen LogP contribution in [0, 0.1) is 0 Å². The minimum absolute atomic E-state index is 0.0929. The van der Waals surface area contributed by atoms with Gasteiger partial charge < -0.3 is 25.6 Å². The van der Waals surface area contributed by atoms with Crippen molar-refractivity contribution in [3.8, 4) is 11.5 Å². The van der Waals surface area contributed by atoms with E-state index in [1.165, 1.54) is 26.4 Å². The molecule has 1 aromatic rings. The van der Waals surface area contributed by atoms with Crippen molar-refractivity contribution in [1.29, 1.82) is 0 Å². The molecule has 0 radical (unpaired) electrons. The zero-order valence-corrected chi connectivity index (χ0v) is 12.3. The van der Waals surface area contributed by atoms with Gasteiger partial charge in [-0.25, -0.2) is 4.79 Å². The highest BCUT2D eigenvalue weighted by molar-refractivity contribution is 6.02. The summed E-state index contributed by atoms with van der Waals surface area (Å²) in [6.07, 6.45) is 1.27. The molecule has 0 saturated heterocycles. The van der Waals surface area contributed by atoms with Crippen LogP contribution < -0.4 is 20.5 Å². The summed E-state index contributed by atoms with van der Waals surface area (Å²) >= 11 is 0. The summed E-state index contributed by atoms with van der Waals surface area (Å²) in [6.45, 7) is 1.91. The Morgan fingerprint density at radius 3 is 2.33 bits per heavy atom. The van der Waals surface area contributed by atoms with E-state index in [1.807, 2.05) is 6.92 Å². The molecule has 1 rings (SSSR count). The highest BCUT2D eigenvalue weighted by atomic mass is 16.5. The molecular weight excluding hydrogens is 276 g/mol. The molecule has 116 valence electrons. The van der Waals surface area contributed by atoms with Crippen molar-refractivity contribution in [3.05, 3.63) is 17.7 Å². The fourth-order valence-electron chi connectivity index (χ4n) is 1.83. The Labute approximate surface area is 123 Å². The third-order valence-electron chi connectivity index (χ3n) is 2.95. The molecule has 1 aromatic carbocycles. The second-order valence-electron chi connectivity index (χ2n) is 4.44. The second-order valence-corrected chi connectivity index (χ2v) is 4.44. The monoisotopic (exact) mass is 296 g/mol. The molecule has 0 aromatic heterocycles. The number of aromatic carboxylic acids is 1. The summed E-state index contributed by atoms with van der Waals surface area (Å²) in [6, 6.07) is 2.01. The second kappa shape index (κ2) is 7.49. The predicted molar refractivity (Wildman–Crippen MR) is 78.0 cm³/mol. The minimum Gasteiger partial charge on any atom is -0.493 e. The number of methoxy groups -OCH3 is 2. The number of rotatable bonds is 7. The summed E-state index contributed by atoms with van der Waals surface area (Å²) in [5, 5.41) is 11.7. The van der Waals surface area contributed by atoms with Gasteiger partial charge in [0.1, 0.15) is 0 Å². The van der Waals surface area contributed by atoms with Gasteiger partial charge in [-0.3, -0.25) is 4.79 Å². The van der Waals surface area contributed by atoms with E-state index < -0.39 is 17.9 Å². The minimum atomic E-state index is -1.18. The molecule has 4 N–H and O–H groups in total. The number of benzene rings is 1. The van der Waals surface area contributed by atoms with Gasteiger partial charge in [0.25, 0.3) is 0 Å². The van der Waals surface area contributed by atoms with E-state index in [1.54, 1.807) is 0 Å². The maximum absolute atomic E-state index is 11.9. The fraction of sp³-hybridized carbons (Fsp3) is 0.429. The molecule has 7 heteroatoms. The number of amides is 1. The van der Waals surface area contributed by atoms with E-state index in [0.29, 0.717) is 12.2 Å². The number of carbonyl (C=O) groups excluding carboxylic acids is 1. The molecule has 0 aliphatic rings. The van der Waals surface area contributed by atoms with E-state index in [-0.39, 0.29) is 17.0 Å². The zero-order chi connectivity index (χ0) is 16.0. The lowest BCUT2D eigenvalue weighted by atomic mass is 10.1. The molecule has 0 bridgehead atoms. The first-order chi connectivity index (χ1) is 9.94. The molecule has 0 unspecified atom stereocenters. The van der Waals surface area contributed by atoms with Gasteiger partial charge >= 0.3 is 5.97 Å². The van der Waals surface area contributed by atoms with Crippen molar-refractivity contribution >= 4 is 17.6 Å². The van der Waals surface area contributed by atoms with Crippen molar-refractivity contribution in [2.24, 2.45) is 5.73 Å². The van der Waals surface area contributed by atoms with Gasteiger partial charge in [0.2, 0.25) is 5.91 Å². The molecule has 0 saturated carbocycles. The SMILES string of the molecule is CCC[C@H](N)C(=O)Nc1cc(OC)c(OC)cc1C(=O)O. The first-order valence-corrected chi connectivity index (χ1v) is 6.50. The highest BCUT2D eigenvalue weighted by Gasteiger charge is 2.20. The number of carboxylic acid groups (broad SMARTS) is 1. The lowest BCUT2D eigenvalue weighted by Gasteiger charge is -2.15. The third-order valence-corrected chi connectivity index (χ3v) is 2.95. The Morgan fingerprint density at radius 1 is 1.29 bits per heavy atom. The van der Waals surface area contributed by atoms with Crippen LogP contribution in [0.1, 0.15) is 30.1 Å². The molecule has 0 aliphatic carbocycles. The topological polar surface area (TPSA) is 111 Å².